The zero-order valence-corrected chi connectivity index (χ0v) is 24.9. The highest BCUT2D eigenvalue weighted by molar-refractivity contribution is 5.87. The van der Waals surface area contributed by atoms with E-state index in [0.29, 0.717) is 30.5 Å². The van der Waals surface area contributed by atoms with Gasteiger partial charge in [-0.2, -0.15) is 0 Å². The molecule has 9 atom stereocenters. The Kier molecular flexibility index (Phi) is 12.3. The molecule has 1 aromatic rings. The normalized spacial score (nSPS) is 32.4. The summed E-state index contributed by atoms with van der Waals surface area (Å²) in [6.07, 6.45) is 8.39. The Morgan fingerprint density at radius 1 is 1.20 bits per heavy atom. The average molecular weight is 568 g/mol. The number of alkyl carbamates (subject to hydrolysis) is 1. The van der Waals surface area contributed by atoms with Crippen LogP contribution in [0.4, 0.5) is 4.79 Å². The highest BCUT2D eigenvalue weighted by Gasteiger charge is 2.46. The zero-order chi connectivity index (χ0) is 29.9. The lowest BCUT2D eigenvalue weighted by Gasteiger charge is -2.43. The second kappa shape index (κ2) is 15.7. The van der Waals surface area contributed by atoms with E-state index in [4.69, 9.17) is 26.2 Å². The molecule has 0 saturated carbocycles. The lowest BCUT2D eigenvalue weighted by atomic mass is 9.78. The summed E-state index contributed by atoms with van der Waals surface area (Å²) in [5.74, 6) is 3.79. The number of fused-ring (bicyclic) bond motifs is 1. The third-order valence-corrected chi connectivity index (χ3v) is 8.93. The summed E-state index contributed by atoms with van der Waals surface area (Å²) in [7, 11) is 0. The number of nitrogens with one attached hydrogen (secondary N) is 1. The SMILES string of the molecule is C#CCOC1OC(CC)C(C)C(C)C1C.C[C@@H]1CCC2CC(CN=[N+]=[N-])C(NC(=O)OCc3ccccc3)C(=O)N21. The van der Waals surface area contributed by atoms with Gasteiger partial charge in [0.15, 0.2) is 6.29 Å². The van der Waals surface area contributed by atoms with Gasteiger partial charge in [-0.3, -0.25) is 4.79 Å². The molecule has 41 heavy (non-hydrogen) atoms. The molecule has 3 fully saturated rings. The van der Waals surface area contributed by atoms with Crippen molar-refractivity contribution < 1.29 is 23.8 Å². The van der Waals surface area contributed by atoms with Crippen LogP contribution in [0.3, 0.4) is 0 Å². The van der Waals surface area contributed by atoms with Gasteiger partial charge in [-0.05, 0) is 61.5 Å². The maximum Gasteiger partial charge on any atom is 0.408 e. The summed E-state index contributed by atoms with van der Waals surface area (Å²) in [5.41, 5.74) is 9.49. The van der Waals surface area contributed by atoms with E-state index >= 15 is 0 Å². The maximum absolute atomic E-state index is 12.9. The summed E-state index contributed by atoms with van der Waals surface area (Å²) in [4.78, 5) is 29.8. The summed E-state index contributed by atoms with van der Waals surface area (Å²) in [5, 5.41) is 6.33. The molecule has 1 N–H and O–H groups in total. The van der Waals surface area contributed by atoms with Crippen molar-refractivity contribution in [2.75, 3.05) is 13.2 Å². The van der Waals surface area contributed by atoms with Gasteiger partial charge >= 0.3 is 6.09 Å². The van der Waals surface area contributed by atoms with Crippen LogP contribution in [0.2, 0.25) is 0 Å². The fourth-order valence-electron chi connectivity index (χ4n) is 6.22. The highest BCUT2D eigenvalue weighted by atomic mass is 16.7. The summed E-state index contributed by atoms with van der Waals surface area (Å²) in [6, 6.07) is 8.95. The predicted octanol–water partition coefficient (Wildman–Crippen LogP) is 5.67. The number of ether oxygens (including phenoxy) is 3. The molecule has 0 bridgehead atoms. The lowest BCUT2D eigenvalue weighted by Crippen LogP contribution is -2.60. The Labute approximate surface area is 244 Å². The van der Waals surface area contributed by atoms with Crippen molar-refractivity contribution in [2.45, 2.75) is 97.4 Å². The lowest BCUT2D eigenvalue weighted by molar-refractivity contribution is -0.243. The molecule has 0 spiro atoms. The molecule has 3 aliphatic heterocycles. The smallest absolute Gasteiger partial charge is 0.408 e. The molecule has 4 rings (SSSR count). The van der Waals surface area contributed by atoms with E-state index in [1.165, 1.54) is 0 Å². The van der Waals surface area contributed by atoms with Crippen LogP contribution in [0.15, 0.2) is 35.4 Å². The number of hydrogen-bond donors (Lipinski definition) is 1. The Bertz CT molecular complexity index is 1090. The van der Waals surface area contributed by atoms with E-state index in [2.05, 4.69) is 49.0 Å². The number of azide groups is 1. The summed E-state index contributed by atoms with van der Waals surface area (Å²) in [6.45, 7) is 11.5. The molecular formula is C31H45N5O5. The molecule has 3 saturated heterocycles. The number of piperidine rings is 1. The van der Waals surface area contributed by atoms with Crippen LogP contribution < -0.4 is 5.32 Å². The quantitative estimate of drug-likeness (QED) is 0.187. The molecule has 0 aromatic heterocycles. The Morgan fingerprint density at radius 3 is 2.59 bits per heavy atom. The van der Waals surface area contributed by atoms with Crippen molar-refractivity contribution in [3.05, 3.63) is 46.3 Å². The number of hydrogen-bond acceptors (Lipinski definition) is 6. The molecule has 1 aromatic carbocycles. The van der Waals surface area contributed by atoms with Gasteiger partial charge < -0.3 is 24.4 Å². The minimum Gasteiger partial charge on any atom is -0.445 e. The zero-order valence-electron chi connectivity index (χ0n) is 24.9. The molecule has 10 nitrogen and oxygen atoms in total. The van der Waals surface area contributed by atoms with E-state index in [0.717, 1.165) is 31.2 Å². The van der Waals surface area contributed by atoms with Gasteiger partial charge in [0.05, 0.1) is 6.10 Å². The molecular weight excluding hydrogens is 522 g/mol. The number of nitrogens with zero attached hydrogens (tertiary/aromatic N) is 4. The third-order valence-electron chi connectivity index (χ3n) is 8.93. The first-order chi connectivity index (χ1) is 19.7. The first-order valence-corrected chi connectivity index (χ1v) is 14.7. The standard InChI is InChI=1S/C18H23N5O3.C13H22O2/c1-12-7-8-15-9-14(10-20-22-19)16(17(24)23(12)15)21-18(25)26-11-13-5-3-2-4-6-13;1-6-8-14-13-11(5)9(3)10(4)12(7-2)15-13/h2-6,12,14-16H,7-11H2,1H3,(H,21,25);1,9-13H,7-8H2,2-5H3/t12-,14?,15?,16?;/m1./s1. The van der Waals surface area contributed by atoms with Gasteiger partial charge in [0.2, 0.25) is 5.91 Å². The number of carbonyl (C=O) groups excluding carboxylic acids is 2. The number of terminal acetylenes is 1. The van der Waals surface area contributed by atoms with E-state index < -0.39 is 12.1 Å². The fraction of sp³-hybridized carbons (Fsp3) is 0.677. The second-order valence-electron chi connectivity index (χ2n) is 11.5. The fourth-order valence-corrected chi connectivity index (χ4v) is 6.22. The maximum atomic E-state index is 12.9. The molecule has 224 valence electrons. The molecule has 2 amide bonds. The monoisotopic (exact) mass is 567 g/mol. The number of benzene rings is 1. The van der Waals surface area contributed by atoms with Crippen molar-refractivity contribution in [1.82, 2.24) is 10.2 Å². The van der Waals surface area contributed by atoms with E-state index in [1.807, 2.05) is 42.2 Å². The molecule has 8 unspecified atom stereocenters. The van der Waals surface area contributed by atoms with Gasteiger partial charge in [0.25, 0.3) is 0 Å². The van der Waals surface area contributed by atoms with Crippen molar-refractivity contribution >= 4 is 12.0 Å². The van der Waals surface area contributed by atoms with E-state index in [1.54, 1.807) is 0 Å². The largest absolute Gasteiger partial charge is 0.445 e. The van der Waals surface area contributed by atoms with Crippen LogP contribution in [-0.4, -0.2) is 60.6 Å². The summed E-state index contributed by atoms with van der Waals surface area (Å²) >= 11 is 0. The first kappa shape index (κ1) is 32.3. The molecule has 3 heterocycles. The van der Waals surface area contributed by atoms with Gasteiger partial charge in [0, 0.05) is 29.5 Å². The number of rotatable bonds is 8. The van der Waals surface area contributed by atoms with Crippen LogP contribution >= 0.6 is 0 Å². The van der Waals surface area contributed by atoms with Crippen LogP contribution in [0.25, 0.3) is 10.4 Å². The Morgan fingerprint density at radius 2 is 1.93 bits per heavy atom. The topological polar surface area (TPSA) is 126 Å². The summed E-state index contributed by atoms with van der Waals surface area (Å²) < 4.78 is 16.7. The first-order valence-electron chi connectivity index (χ1n) is 14.7. The van der Waals surface area contributed by atoms with Crippen LogP contribution in [0.5, 0.6) is 0 Å². The minimum atomic E-state index is -0.722. The number of amides is 2. The van der Waals surface area contributed by atoms with Crippen LogP contribution in [0, 0.1) is 36.0 Å². The van der Waals surface area contributed by atoms with Gasteiger partial charge in [-0.25, -0.2) is 4.79 Å². The molecule has 0 aliphatic carbocycles. The molecule has 3 aliphatic rings. The van der Waals surface area contributed by atoms with Crippen molar-refractivity contribution in [3.8, 4) is 12.3 Å². The minimum absolute atomic E-state index is 0.110. The number of carbonyl (C=O) groups is 2. The molecule has 0 radical (unpaired) electrons. The average Bonchev–Trinajstić information content (AvgIpc) is 3.36. The van der Waals surface area contributed by atoms with Gasteiger partial charge in [-0.1, -0.05) is 69.1 Å². The third kappa shape index (κ3) is 8.38. The van der Waals surface area contributed by atoms with Crippen molar-refractivity contribution in [3.63, 3.8) is 0 Å². The van der Waals surface area contributed by atoms with E-state index in [-0.39, 0.29) is 43.4 Å². The van der Waals surface area contributed by atoms with Crippen LogP contribution in [-0.2, 0) is 25.6 Å². The predicted molar refractivity (Wildman–Crippen MR) is 156 cm³/mol. The second-order valence-corrected chi connectivity index (χ2v) is 11.5. The Balaban J connectivity index is 0.000000263. The van der Waals surface area contributed by atoms with Crippen molar-refractivity contribution in [2.24, 2.45) is 28.8 Å². The van der Waals surface area contributed by atoms with E-state index in [9.17, 15) is 9.59 Å². The van der Waals surface area contributed by atoms with Gasteiger partial charge in [0.1, 0.15) is 19.3 Å². The Hall–Kier alpha value is -3.25. The van der Waals surface area contributed by atoms with Crippen molar-refractivity contribution in [1.29, 1.82) is 0 Å². The highest BCUT2D eigenvalue weighted by Crippen LogP contribution is 2.37. The van der Waals surface area contributed by atoms with Gasteiger partial charge in [-0.15, -0.1) is 6.42 Å². The molecule has 10 heteroatoms. The van der Waals surface area contributed by atoms with Crippen LogP contribution in [0.1, 0.15) is 65.9 Å².